The number of likely N-dealkylation sites (tertiary alicyclic amines) is 2. The van der Waals surface area contributed by atoms with E-state index in [9.17, 15) is 9.59 Å². The zero-order valence-corrected chi connectivity index (χ0v) is 11.8. The molecule has 0 saturated carbocycles. The van der Waals surface area contributed by atoms with Crippen molar-refractivity contribution in [2.45, 2.75) is 38.5 Å². The zero-order valence-electron chi connectivity index (χ0n) is 11.8. The monoisotopic (exact) mass is 284 g/mol. The molecular weight excluding hydrogens is 260 g/mol. The van der Waals surface area contributed by atoms with Crippen LogP contribution in [0.25, 0.3) is 0 Å². The maximum absolute atomic E-state index is 11.7. The van der Waals surface area contributed by atoms with Gasteiger partial charge >= 0.3 is 12.1 Å². The van der Waals surface area contributed by atoms with E-state index in [1.807, 2.05) is 0 Å². The number of piperidine rings is 2. The molecule has 0 aliphatic carbocycles. The summed E-state index contributed by atoms with van der Waals surface area (Å²) >= 11 is 0. The summed E-state index contributed by atoms with van der Waals surface area (Å²) in [5, 5.41) is 7.09. The maximum atomic E-state index is 11.7. The molecule has 2 aliphatic heterocycles. The highest BCUT2D eigenvalue weighted by atomic mass is 16.2. The van der Waals surface area contributed by atoms with E-state index in [1.165, 1.54) is 0 Å². The quantitative estimate of drug-likeness (QED) is 0.398. The van der Waals surface area contributed by atoms with Crippen molar-refractivity contribution in [3.8, 4) is 0 Å². The summed E-state index contributed by atoms with van der Waals surface area (Å²) in [6, 6.07) is -0.750. The summed E-state index contributed by atoms with van der Waals surface area (Å²) in [6.45, 7) is 2.93. The van der Waals surface area contributed by atoms with Gasteiger partial charge in [-0.25, -0.2) is 9.59 Å². The Bertz CT molecular complexity index is 303. The topological polar surface area (TPSA) is 117 Å². The molecular formula is C12H24N6O2. The number of urea groups is 2. The molecule has 20 heavy (non-hydrogen) atoms. The highest BCUT2D eigenvalue weighted by Gasteiger charge is 2.18. The van der Waals surface area contributed by atoms with Crippen LogP contribution in [0.2, 0.25) is 0 Å². The molecule has 0 spiro atoms. The van der Waals surface area contributed by atoms with Gasteiger partial charge in [-0.1, -0.05) is 10.2 Å². The summed E-state index contributed by atoms with van der Waals surface area (Å²) in [5.41, 5.74) is 0. The summed E-state index contributed by atoms with van der Waals surface area (Å²) in [4.78, 5) is 26.7. The molecule has 8 heteroatoms. The lowest BCUT2D eigenvalue weighted by atomic mass is 10.1. The number of nitrogens with zero attached hydrogens (tertiary/aromatic N) is 4. The number of rotatable bonds is 0. The summed E-state index contributed by atoms with van der Waals surface area (Å²) < 4.78 is 0. The van der Waals surface area contributed by atoms with Gasteiger partial charge in [0.2, 0.25) is 0 Å². The Balaban J connectivity index is 0.000000956. The first-order valence-corrected chi connectivity index (χ1v) is 7.10. The molecule has 2 saturated heterocycles. The first-order valence-electron chi connectivity index (χ1n) is 7.10. The van der Waals surface area contributed by atoms with Crippen LogP contribution in [0.5, 0.6) is 0 Å². The number of azo groups is 1. The van der Waals surface area contributed by atoms with Crippen LogP contribution in [0.4, 0.5) is 9.59 Å². The lowest BCUT2D eigenvalue weighted by Crippen LogP contribution is -2.35. The molecule has 4 N–H and O–H groups in total. The summed E-state index contributed by atoms with van der Waals surface area (Å²) in [7, 11) is 0. The minimum atomic E-state index is -0.375. The van der Waals surface area contributed by atoms with Gasteiger partial charge < -0.3 is 9.80 Å². The van der Waals surface area contributed by atoms with Gasteiger partial charge in [0.15, 0.2) is 0 Å². The van der Waals surface area contributed by atoms with Crippen LogP contribution >= 0.6 is 0 Å². The molecule has 2 aliphatic rings. The van der Waals surface area contributed by atoms with Gasteiger partial charge in [-0.3, -0.25) is 11.7 Å². The Labute approximate surface area is 119 Å². The second kappa shape index (κ2) is 9.38. The van der Waals surface area contributed by atoms with Crippen molar-refractivity contribution in [2.75, 3.05) is 26.2 Å². The molecule has 2 fully saturated rings. The molecule has 0 atom stereocenters. The summed E-state index contributed by atoms with van der Waals surface area (Å²) in [6.07, 6.45) is 6.38. The smallest absolute Gasteiger partial charge is 0.322 e. The van der Waals surface area contributed by atoms with E-state index < -0.39 is 0 Å². The molecule has 8 nitrogen and oxygen atoms in total. The molecule has 114 valence electrons. The lowest BCUT2D eigenvalue weighted by Gasteiger charge is -2.25. The van der Waals surface area contributed by atoms with E-state index in [0.717, 1.165) is 64.7 Å². The molecule has 0 aromatic heterocycles. The van der Waals surface area contributed by atoms with Crippen molar-refractivity contribution >= 4 is 12.1 Å². The molecule has 2 rings (SSSR count). The maximum Gasteiger partial charge on any atom is 0.362 e. The van der Waals surface area contributed by atoms with Crippen molar-refractivity contribution in [3.05, 3.63) is 0 Å². The Hall–Kier alpha value is -1.54. The number of carbonyl (C=O) groups excluding carboxylic acids is 2. The zero-order chi connectivity index (χ0) is 14.8. The van der Waals surface area contributed by atoms with Gasteiger partial charge in [-0.05, 0) is 38.5 Å². The van der Waals surface area contributed by atoms with Crippen molar-refractivity contribution < 1.29 is 9.59 Å². The minimum Gasteiger partial charge on any atom is -0.322 e. The van der Waals surface area contributed by atoms with E-state index in [4.69, 9.17) is 0 Å². The average Bonchev–Trinajstić information content (AvgIpc) is 2.55. The second-order valence-corrected chi connectivity index (χ2v) is 4.86. The number of nitrogens with two attached hydrogens (primary N) is 2. The van der Waals surface area contributed by atoms with Crippen LogP contribution < -0.4 is 11.7 Å². The minimum absolute atomic E-state index is 0.375. The van der Waals surface area contributed by atoms with Crippen LogP contribution in [0.1, 0.15) is 38.5 Å². The van der Waals surface area contributed by atoms with Crippen LogP contribution in [0.15, 0.2) is 10.2 Å². The second-order valence-electron chi connectivity index (χ2n) is 4.86. The predicted molar refractivity (Wildman–Crippen MR) is 74.9 cm³/mol. The van der Waals surface area contributed by atoms with Crippen molar-refractivity contribution in [1.82, 2.24) is 9.80 Å². The first-order chi connectivity index (χ1) is 9.77. The van der Waals surface area contributed by atoms with E-state index in [2.05, 4.69) is 21.9 Å². The molecule has 0 radical (unpaired) electrons. The Kier molecular flexibility index (Phi) is 7.74. The average molecular weight is 284 g/mol. The van der Waals surface area contributed by atoms with Crippen LogP contribution in [-0.4, -0.2) is 48.0 Å². The third-order valence-corrected chi connectivity index (χ3v) is 3.47. The normalized spacial score (nSPS) is 19.5. The van der Waals surface area contributed by atoms with Crippen LogP contribution in [0.3, 0.4) is 0 Å². The van der Waals surface area contributed by atoms with E-state index >= 15 is 0 Å². The molecule has 0 unspecified atom stereocenters. The third kappa shape index (κ3) is 5.22. The Morgan fingerprint density at radius 3 is 1.25 bits per heavy atom. The lowest BCUT2D eigenvalue weighted by molar-refractivity contribution is 0.187. The molecule has 0 aromatic rings. The van der Waals surface area contributed by atoms with E-state index in [0.29, 0.717) is 0 Å². The molecule has 0 bridgehead atoms. The predicted octanol–water partition coefficient (Wildman–Crippen LogP) is 1.47. The fraction of sp³-hybridized carbons (Fsp3) is 0.833. The third-order valence-electron chi connectivity index (χ3n) is 3.47. The van der Waals surface area contributed by atoms with Crippen molar-refractivity contribution in [3.63, 3.8) is 0 Å². The standard InChI is InChI=1S/C12H20N4O2.H4N2/c17-11(15-7-3-1-4-8-15)13-14-12(18)16-9-5-2-6-10-16;1-2/h1-10H2;1-2H2. The van der Waals surface area contributed by atoms with Gasteiger partial charge in [0.25, 0.3) is 0 Å². The van der Waals surface area contributed by atoms with Gasteiger partial charge in [-0.15, -0.1) is 0 Å². The summed E-state index contributed by atoms with van der Waals surface area (Å²) in [5.74, 6) is 8.00. The Morgan fingerprint density at radius 2 is 0.950 bits per heavy atom. The fourth-order valence-electron chi connectivity index (χ4n) is 2.38. The van der Waals surface area contributed by atoms with Crippen LogP contribution in [0, 0.1) is 0 Å². The number of hydrazine groups is 1. The fourth-order valence-corrected chi connectivity index (χ4v) is 2.38. The SMILES string of the molecule is NN.O=C(N=NC(=O)N1CCCCC1)N1CCCCC1. The van der Waals surface area contributed by atoms with E-state index in [-0.39, 0.29) is 12.1 Å². The number of amides is 4. The van der Waals surface area contributed by atoms with Crippen molar-refractivity contribution in [1.29, 1.82) is 0 Å². The van der Waals surface area contributed by atoms with Gasteiger partial charge in [-0.2, -0.15) is 0 Å². The molecule has 2 heterocycles. The first kappa shape index (κ1) is 16.5. The number of hydrogen-bond acceptors (Lipinski definition) is 4. The highest BCUT2D eigenvalue weighted by Crippen LogP contribution is 2.12. The Morgan fingerprint density at radius 1 is 0.650 bits per heavy atom. The van der Waals surface area contributed by atoms with E-state index in [1.54, 1.807) is 9.80 Å². The van der Waals surface area contributed by atoms with Crippen LogP contribution in [-0.2, 0) is 0 Å². The van der Waals surface area contributed by atoms with Crippen molar-refractivity contribution in [2.24, 2.45) is 21.9 Å². The number of carbonyl (C=O) groups is 2. The largest absolute Gasteiger partial charge is 0.362 e. The van der Waals surface area contributed by atoms with Gasteiger partial charge in [0.05, 0.1) is 0 Å². The van der Waals surface area contributed by atoms with Gasteiger partial charge in [0, 0.05) is 26.2 Å². The molecule has 4 amide bonds. The number of hydrogen-bond donors (Lipinski definition) is 2. The van der Waals surface area contributed by atoms with Gasteiger partial charge in [0.1, 0.15) is 0 Å². The molecule has 0 aromatic carbocycles. The highest BCUT2D eigenvalue weighted by molar-refractivity contribution is 5.79.